The van der Waals surface area contributed by atoms with Gasteiger partial charge in [0.25, 0.3) is 0 Å². The van der Waals surface area contributed by atoms with Gasteiger partial charge in [0.05, 0.1) is 17.8 Å². The Morgan fingerprint density at radius 2 is 1.79 bits per heavy atom. The first kappa shape index (κ1) is 16.1. The van der Waals surface area contributed by atoms with E-state index in [0.29, 0.717) is 17.7 Å². The molecular formula is C20H20N2O2. The quantitative estimate of drug-likeness (QED) is 0.850. The molecule has 0 saturated carbocycles. The molecular weight excluding hydrogens is 300 g/mol. The largest absolute Gasteiger partial charge is 0.374 e. The van der Waals surface area contributed by atoms with Crippen molar-refractivity contribution in [2.24, 2.45) is 4.99 Å². The van der Waals surface area contributed by atoms with E-state index in [1.54, 1.807) is 6.20 Å². The fraction of sp³-hybridized carbons (Fsp3) is 0.200. The predicted molar refractivity (Wildman–Crippen MR) is 95.0 cm³/mol. The molecule has 0 aromatic heterocycles. The summed E-state index contributed by atoms with van der Waals surface area (Å²) in [6.45, 7) is 1.88. The number of carbonyl (C=O) groups excluding carboxylic acids is 1. The van der Waals surface area contributed by atoms with Gasteiger partial charge in [-0.2, -0.15) is 0 Å². The average molecular weight is 320 g/mol. The third-order valence-corrected chi connectivity index (χ3v) is 3.96. The molecule has 1 unspecified atom stereocenters. The zero-order chi connectivity index (χ0) is 16.9. The van der Waals surface area contributed by atoms with Crippen molar-refractivity contribution < 1.29 is 9.90 Å². The lowest BCUT2D eigenvalue weighted by atomic mass is 9.95. The van der Waals surface area contributed by atoms with E-state index in [4.69, 9.17) is 4.99 Å². The summed E-state index contributed by atoms with van der Waals surface area (Å²) in [6, 6.07) is 17.4. The summed E-state index contributed by atoms with van der Waals surface area (Å²) in [6.07, 6.45) is 1.78. The summed E-state index contributed by atoms with van der Waals surface area (Å²) >= 11 is 0. The van der Waals surface area contributed by atoms with Crippen LogP contribution in [-0.4, -0.2) is 22.8 Å². The minimum atomic E-state index is -0.645. The zero-order valence-corrected chi connectivity index (χ0v) is 13.6. The van der Waals surface area contributed by atoms with E-state index < -0.39 is 6.23 Å². The van der Waals surface area contributed by atoms with E-state index in [1.807, 2.05) is 61.5 Å². The van der Waals surface area contributed by atoms with Gasteiger partial charge in [-0.3, -0.25) is 9.79 Å². The minimum Gasteiger partial charge on any atom is -0.374 e. The molecule has 1 heterocycles. The molecule has 1 aliphatic rings. The molecule has 0 bridgehead atoms. The van der Waals surface area contributed by atoms with E-state index in [9.17, 15) is 9.90 Å². The first-order valence-corrected chi connectivity index (χ1v) is 8.09. The Kier molecular flexibility index (Phi) is 4.87. The maximum Gasteiger partial charge on any atom is 0.169 e. The van der Waals surface area contributed by atoms with Crippen LogP contribution in [0.2, 0.25) is 0 Å². The van der Waals surface area contributed by atoms with E-state index in [1.165, 1.54) is 0 Å². The van der Waals surface area contributed by atoms with E-state index in [2.05, 4.69) is 5.32 Å². The van der Waals surface area contributed by atoms with Crippen LogP contribution in [0.3, 0.4) is 0 Å². The number of hydrogen-bond donors (Lipinski definition) is 2. The Balaban J connectivity index is 2.10. The van der Waals surface area contributed by atoms with Gasteiger partial charge in [0.1, 0.15) is 6.23 Å². The number of fused-ring (bicyclic) bond motifs is 1. The molecule has 0 saturated heterocycles. The molecule has 0 fully saturated rings. The number of aliphatic hydroxyl groups is 1. The van der Waals surface area contributed by atoms with Crippen LogP contribution in [-0.2, 0) is 0 Å². The molecule has 1 aliphatic heterocycles. The van der Waals surface area contributed by atoms with Gasteiger partial charge in [0.2, 0.25) is 0 Å². The number of Topliss-reactive ketones (excluding diaryl/α,β-unsaturated/α-hetero) is 1. The highest BCUT2D eigenvalue weighted by Crippen LogP contribution is 2.24. The summed E-state index contributed by atoms with van der Waals surface area (Å²) in [5.74, 6) is 0.0271. The monoisotopic (exact) mass is 320 g/mol. The number of benzene rings is 2. The number of ketones is 1. The van der Waals surface area contributed by atoms with Crippen molar-refractivity contribution in [3.63, 3.8) is 0 Å². The summed E-state index contributed by atoms with van der Waals surface area (Å²) in [7, 11) is 0. The average Bonchev–Trinajstić information content (AvgIpc) is 2.77. The van der Waals surface area contributed by atoms with Crippen molar-refractivity contribution in [2.45, 2.75) is 26.0 Å². The number of carbonyl (C=O) groups is 1. The smallest absolute Gasteiger partial charge is 0.169 e. The molecule has 3 rings (SSSR count). The van der Waals surface area contributed by atoms with Gasteiger partial charge in [-0.05, 0) is 6.42 Å². The van der Waals surface area contributed by atoms with E-state index in [0.717, 1.165) is 16.8 Å². The zero-order valence-electron chi connectivity index (χ0n) is 13.6. The van der Waals surface area contributed by atoms with Crippen molar-refractivity contribution in [2.75, 3.05) is 0 Å². The first-order valence-electron chi connectivity index (χ1n) is 8.09. The lowest BCUT2D eigenvalue weighted by Gasteiger charge is -2.09. The molecule has 4 heteroatoms. The third-order valence-electron chi connectivity index (χ3n) is 3.96. The Morgan fingerprint density at radius 1 is 1.12 bits per heavy atom. The maximum atomic E-state index is 12.6. The molecule has 122 valence electrons. The highest BCUT2D eigenvalue weighted by molar-refractivity contribution is 6.20. The number of aliphatic hydroxyl groups excluding tert-OH is 1. The van der Waals surface area contributed by atoms with Gasteiger partial charge >= 0.3 is 0 Å². The van der Waals surface area contributed by atoms with Crippen molar-refractivity contribution in [1.82, 2.24) is 5.32 Å². The lowest BCUT2D eigenvalue weighted by molar-refractivity contribution is 0.0992. The van der Waals surface area contributed by atoms with Gasteiger partial charge in [-0.15, -0.1) is 0 Å². The molecule has 0 aliphatic carbocycles. The van der Waals surface area contributed by atoms with Crippen LogP contribution in [0.1, 0.15) is 41.3 Å². The van der Waals surface area contributed by atoms with E-state index >= 15 is 0 Å². The van der Waals surface area contributed by atoms with Crippen LogP contribution in [0.15, 0.2) is 71.5 Å². The minimum absolute atomic E-state index is 0.0271. The molecule has 2 aromatic carbocycles. The second-order valence-corrected chi connectivity index (χ2v) is 5.70. The number of allylic oxidation sites excluding steroid dienone is 1. The van der Waals surface area contributed by atoms with Crippen molar-refractivity contribution >= 4 is 11.5 Å². The Bertz CT molecular complexity index is 794. The SMILES string of the molecule is CCC(O)N/C=C1\CC(=O)c2ccccc2C(c2ccccc2)=N1. The van der Waals surface area contributed by atoms with Crippen LogP contribution < -0.4 is 5.32 Å². The lowest BCUT2D eigenvalue weighted by Crippen LogP contribution is -2.22. The fourth-order valence-electron chi connectivity index (χ4n) is 2.65. The van der Waals surface area contributed by atoms with E-state index in [-0.39, 0.29) is 12.2 Å². The van der Waals surface area contributed by atoms with Crippen LogP contribution >= 0.6 is 0 Å². The van der Waals surface area contributed by atoms with Crippen LogP contribution in [0, 0.1) is 0 Å². The van der Waals surface area contributed by atoms with Crippen LogP contribution in [0.25, 0.3) is 0 Å². The third kappa shape index (κ3) is 3.44. The molecule has 0 spiro atoms. The number of nitrogens with one attached hydrogen (secondary N) is 1. The van der Waals surface area contributed by atoms with Crippen molar-refractivity contribution in [3.05, 3.63) is 83.2 Å². The Morgan fingerprint density at radius 3 is 2.50 bits per heavy atom. The normalized spacial score (nSPS) is 17.0. The number of nitrogens with zero attached hydrogens (tertiary/aromatic N) is 1. The molecule has 0 radical (unpaired) electrons. The maximum absolute atomic E-state index is 12.6. The summed E-state index contributed by atoms with van der Waals surface area (Å²) in [5.41, 5.74) is 3.87. The van der Waals surface area contributed by atoms with Crippen molar-refractivity contribution in [1.29, 1.82) is 0 Å². The first-order chi connectivity index (χ1) is 11.7. The summed E-state index contributed by atoms with van der Waals surface area (Å²) < 4.78 is 0. The predicted octanol–water partition coefficient (Wildman–Crippen LogP) is 3.27. The molecule has 2 N–H and O–H groups in total. The number of hydrogen-bond acceptors (Lipinski definition) is 4. The highest BCUT2D eigenvalue weighted by atomic mass is 16.3. The standard InChI is InChI=1S/C20H20N2O2/c1-2-19(24)21-13-15-12-18(23)16-10-6-7-11-17(16)20(22-15)14-8-4-3-5-9-14/h3-11,13,19,21,24H,2,12H2,1H3/b15-13+. The second kappa shape index (κ2) is 7.23. The Labute approximate surface area is 141 Å². The highest BCUT2D eigenvalue weighted by Gasteiger charge is 2.21. The van der Waals surface area contributed by atoms with Crippen molar-refractivity contribution in [3.8, 4) is 0 Å². The summed E-state index contributed by atoms with van der Waals surface area (Å²) in [4.78, 5) is 17.3. The molecule has 2 aromatic rings. The number of rotatable bonds is 4. The summed E-state index contributed by atoms with van der Waals surface area (Å²) in [5, 5.41) is 12.6. The fourth-order valence-corrected chi connectivity index (χ4v) is 2.65. The number of aliphatic imine (C=N–C) groups is 1. The van der Waals surface area contributed by atoms with Gasteiger partial charge in [-0.1, -0.05) is 61.5 Å². The van der Waals surface area contributed by atoms with Crippen LogP contribution in [0.4, 0.5) is 0 Å². The molecule has 1 atom stereocenters. The second-order valence-electron chi connectivity index (χ2n) is 5.70. The van der Waals surface area contributed by atoms with Gasteiger partial charge in [-0.25, -0.2) is 0 Å². The molecule has 4 nitrogen and oxygen atoms in total. The molecule has 0 amide bonds. The van der Waals surface area contributed by atoms with Gasteiger partial charge < -0.3 is 10.4 Å². The van der Waals surface area contributed by atoms with Crippen LogP contribution in [0.5, 0.6) is 0 Å². The topological polar surface area (TPSA) is 61.7 Å². The van der Waals surface area contributed by atoms with Gasteiger partial charge in [0.15, 0.2) is 5.78 Å². The Hall–Kier alpha value is -2.72. The molecule has 24 heavy (non-hydrogen) atoms. The van der Waals surface area contributed by atoms with Gasteiger partial charge in [0, 0.05) is 22.9 Å².